The molecule has 0 radical (unpaired) electrons. The predicted octanol–water partition coefficient (Wildman–Crippen LogP) is 1.04. The third-order valence-corrected chi connectivity index (χ3v) is 4.31. The Labute approximate surface area is 109 Å². The molecule has 5 heteroatoms. The van der Waals surface area contributed by atoms with Crippen molar-refractivity contribution in [3.8, 4) is 0 Å². The van der Waals surface area contributed by atoms with E-state index in [4.69, 9.17) is 0 Å². The number of nitrogens with zero attached hydrogens (tertiary/aromatic N) is 4. The highest BCUT2D eigenvalue weighted by Crippen LogP contribution is 2.27. The average molecular weight is 249 g/mol. The summed E-state index contributed by atoms with van der Waals surface area (Å²) in [5.41, 5.74) is 0. The smallest absolute Gasteiger partial charge is 0.141 e. The Morgan fingerprint density at radius 3 is 2.78 bits per heavy atom. The summed E-state index contributed by atoms with van der Waals surface area (Å²) in [5.74, 6) is 1.92. The van der Waals surface area contributed by atoms with Gasteiger partial charge in [0.1, 0.15) is 12.2 Å². The summed E-state index contributed by atoms with van der Waals surface area (Å²) >= 11 is 0. The minimum atomic E-state index is 0.385. The molecular weight excluding hydrogens is 226 g/mol. The van der Waals surface area contributed by atoms with Crippen molar-refractivity contribution < 1.29 is 0 Å². The Kier molecular flexibility index (Phi) is 3.35. The van der Waals surface area contributed by atoms with E-state index < -0.39 is 0 Å². The second kappa shape index (κ2) is 4.97. The Morgan fingerprint density at radius 2 is 2.17 bits per heavy atom. The summed E-state index contributed by atoms with van der Waals surface area (Å²) in [4.78, 5) is 6.93. The molecule has 0 aromatic carbocycles. The van der Waals surface area contributed by atoms with Gasteiger partial charge in [0.25, 0.3) is 0 Å². The molecule has 3 aliphatic heterocycles. The summed E-state index contributed by atoms with van der Waals surface area (Å²) in [6, 6.07) is 1.03. The number of hydrogen-bond acceptors (Lipinski definition) is 4. The molecule has 3 saturated heterocycles. The van der Waals surface area contributed by atoms with E-state index in [1.54, 1.807) is 6.33 Å². The van der Waals surface area contributed by atoms with Gasteiger partial charge in [-0.2, -0.15) is 5.10 Å². The highest BCUT2D eigenvalue weighted by Gasteiger charge is 2.33. The molecule has 1 aromatic rings. The number of nitrogens with one attached hydrogen (secondary N) is 1. The molecule has 0 aliphatic carbocycles. The lowest BCUT2D eigenvalue weighted by Gasteiger charge is -2.45. The molecular formula is C13H23N5. The van der Waals surface area contributed by atoms with Crippen molar-refractivity contribution in [2.75, 3.05) is 19.6 Å². The number of hydrogen-bond donors (Lipinski definition) is 1. The Morgan fingerprint density at radius 1 is 1.39 bits per heavy atom. The first-order valence-electron chi connectivity index (χ1n) is 7.08. The van der Waals surface area contributed by atoms with Gasteiger partial charge in [0.05, 0.1) is 6.54 Å². The molecule has 3 fully saturated rings. The van der Waals surface area contributed by atoms with E-state index in [9.17, 15) is 0 Å². The maximum atomic E-state index is 4.36. The first-order valence-corrected chi connectivity index (χ1v) is 7.08. The monoisotopic (exact) mass is 249 g/mol. The van der Waals surface area contributed by atoms with Crippen LogP contribution < -0.4 is 5.32 Å². The highest BCUT2D eigenvalue weighted by molar-refractivity contribution is 4.93. The van der Waals surface area contributed by atoms with Crippen molar-refractivity contribution in [3.63, 3.8) is 0 Å². The van der Waals surface area contributed by atoms with Gasteiger partial charge in [0, 0.05) is 18.6 Å². The Hall–Kier alpha value is -0.940. The Balaban J connectivity index is 1.59. The minimum absolute atomic E-state index is 0.385. The molecule has 4 rings (SSSR count). The average Bonchev–Trinajstić information content (AvgIpc) is 2.86. The van der Waals surface area contributed by atoms with Crippen LogP contribution in [-0.4, -0.2) is 45.3 Å². The molecule has 4 heterocycles. The molecule has 0 amide bonds. The number of aromatic nitrogens is 3. The zero-order valence-corrected chi connectivity index (χ0v) is 11.3. The molecule has 100 valence electrons. The van der Waals surface area contributed by atoms with Crippen LogP contribution in [0.1, 0.15) is 38.6 Å². The zero-order valence-electron chi connectivity index (χ0n) is 11.3. The van der Waals surface area contributed by atoms with Crippen molar-refractivity contribution in [3.05, 3.63) is 12.2 Å². The lowest BCUT2D eigenvalue weighted by atomic mass is 9.84. The summed E-state index contributed by atoms with van der Waals surface area (Å²) < 4.78 is 2.01. The third kappa shape index (κ3) is 2.29. The molecule has 1 aromatic heterocycles. The number of piperidine rings is 3. The summed E-state index contributed by atoms with van der Waals surface area (Å²) in [7, 11) is 0. The summed E-state index contributed by atoms with van der Waals surface area (Å²) in [6.45, 7) is 8.93. The molecule has 1 unspecified atom stereocenters. The molecule has 1 N–H and O–H groups in total. The normalized spacial score (nSPS) is 31.2. The standard InChI is InChI=1S/C13H23N5/c1-10(2)18-13(15-9-16-18)7-14-12-8-17-5-3-11(12)4-6-17/h9-12,14H,3-8H2,1-2H3. The topological polar surface area (TPSA) is 46.0 Å². The molecule has 2 bridgehead atoms. The Bertz CT molecular complexity index is 392. The third-order valence-electron chi connectivity index (χ3n) is 4.31. The summed E-state index contributed by atoms with van der Waals surface area (Å²) in [5, 5.41) is 7.97. The number of rotatable bonds is 4. The van der Waals surface area contributed by atoms with Crippen LogP contribution in [0, 0.1) is 5.92 Å². The molecule has 5 nitrogen and oxygen atoms in total. The molecule has 0 saturated carbocycles. The quantitative estimate of drug-likeness (QED) is 0.866. The van der Waals surface area contributed by atoms with E-state index in [0.717, 1.165) is 18.3 Å². The van der Waals surface area contributed by atoms with Crippen LogP contribution in [0.2, 0.25) is 0 Å². The van der Waals surface area contributed by atoms with E-state index in [-0.39, 0.29) is 0 Å². The first-order chi connectivity index (χ1) is 8.74. The van der Waals surface area contributed by atoms with Gasteiger partial charge in [-0.25, -0.2) is 9.67 Å². The SMILES string of the molecule is CC(C)n1ncnc1CNC1CN2CCC1CC2. The van der Waals surface area contributed by atoms with Gasteiger partial charge in [-0.1, -0.05) is 0 Å². The van der Waals surface area contributed by atoms with E-state index >= 15 is 0 Å². The molecule has 18 heavy (non-hydrogen) atoms. The van der Waals surface area contributed by atoms with Crippen molar-refractivity contribution >= 4 is 0 Å². The van der Waals surface area contributed by atoms with Crippen LogP contribution in [0.5, 0.6) is 0 Å². The maximum absolute atomic E-state index is 4.36. The van der Waals surface area contributed by atoms with Crippen LogP contribution in [0.25, 0.3) is 0 Å². The fourth-order valence-electron chi connectivity index (χ4n) is 3.25. The van der Waals surface area contributed by atoms with Crippen molar-refractivity contribution in [2.24, 2.45) is 5.92 Å². The van der Waals surface area contributed by atoms with Gasteiger partial charge in [0.15, 0.2) is 0 Å². The molecule has 1 atom stereocenters. The van der Waals surface area contributed by atoms with Gasteiger partial charge >= 0.3 is 0 Å². The van der Waals surface area contributed by atoms with Crippen molar-refractivity contribution in [2.45, 2.75) is 45.3 Å². The van der Waals surface area contributed by atoms with E-state index in [2.05, 4.69) is 34.1 Å². The van der Waals surface area contributed by atoms with Crippen molar-refractivity contribution in [1.29, 1.82) is 0 Å². The van der Waals surface area contributed by atoms with Gasteiger partial charge in [-0.15, -0.1) is 0 Å². The van der Waals surface area contributed by atoms with Crippen LogP contribution in [0.3, 0.4) is 0 Å². The minimum Gasteiger partial charge on any atom is -0.305 e. The van der Waals surface area contributed by atoms with E-state index in [1.807, 2.05) is 4.68 Å². The largest absolute Gasteiger partial charge is 0.305 e. The van der Waals surface area contributed by atoms with Crippen molar-refractivity contribution in [1.82, 2.24) is 25.0 Å². The van der Waals surface area contributed by atoms with E-state index in [1.165, 1.54) is 32.5 Å². The summed E-state index contributed by atoms with van der Waals surface area (Å²) in [6.07, 6.45) is 4.37. The second-order valence-corrected chi connectivity index (χ2v) is 5.84. The lowest BCUT2D eigenvalue weighted by molar-refractivity contribution is 0.0714. The lowest BCUT2D eigenvalue weighted by Crippen LogP contribution is -2.55. The van der Waals surface area contributed by atoms with Crippen LogP contribution in [0.15, 0.2) is 6.33 Å². The second-order valence-electron chi connectivity index (χ2n) is 5.84. The molecule has 3 aliphatic rings. The highest BCUT2D eigenvalue weighted by atomic mass is 15.4. The van der Waals surface area contributed by atoms with Crippen LogP contribution in [-0.2, 0) is 6.54 Å². The van der Waals surface area contributed by atoms with Gasteiger partial charge in [-0.3, -0.25) is 0 Å². The van der Waals surface area contributed by atoms with Gasteiger partial charge < -0.3 is 10.2 Å². The predicted molar refractivity (Wildman–Crippen MR) is 70.2 cm³/mol. The van der Waals surface area contributed by atoms with Crippen LogP contribution >= 0.6 is 0 Å². The number of fused-ring (bicyclic) bond motifs is 3. The fourth-order valence-corrected chi connectivity index (χ4v) is 3.25. The van der Waals surface area contributed by atoms with Gasteiger partial charge in [-0.05, 0) is 45.7 Å². The molecule has 0 spiro atoms. The van der Waals surface area contributed by atoms with E-state index in [0.29, 0.717) is 12.1 Å². The van der Waals surface area contributed by atoms with Gasteiger partial charge in [0.2, 0.25) is 0 Å². The van der Waals surface area contributed by atoms with Crippen LogP contribution in [0.4, 0.5) is 0 Å². The first kappa shape index (κ1) is 12.1. The fraction of sp³-hybridized carbons (Fsp3) is 0.846. The maximum Gasteiger partial charge on any atom is 0.141 e. The zero-order chi connectivity index (χ0) is 12.5.